The van der Waals surface area contributed by atoms with E-state index < -0.39 is 40.2 Å². The van der Waals surface area contributed by atoms with Crippen LogP contribution in [0.3, 0.4) is 0 Å². The van der Waals surface area contributed by atoms with Crippen LogP contribution in [0.5, 0.6) is 0 Å². The quantitative estimate of drug-likeness (QED) is 0.317. The van der Waals surface area contributed by atoms with Crippen LogP contribution in [0.25, 0.3) is 34.4 Å². The third kappa shape index (κ3) is 2.53. The minimum absolute atomic E-state index is 0.0541. The second-order valence-corrected chi connectivity index (χ2v) is 7.37. The van der Waals surface area contributed by atoms with Crippen LogP contribution in [0.1, 0.15) is 33.4 Å². The molecular weight excluding hydrogens is 430 g/mol. The molecule has 2 aliphatic rings. The third-order valence-electron chi connectivity index (χ3n) is 5.73. The Kier molecular flexibility index (Phi) is 3.88. The summed E-state index contributed by atoms with van der Waals surface area (Å²) in [6, 6.07) is 12.9. The number of benzene rings is 3. The van der Waals surface area contributed by atoms with E-state index in [0.717, 1.165) is 16.7 Å². The van der Waals surface area contributed by atoms with Gasteiger partial charge in [0.15, 0.2) is 0 Å². The van der Waals surface area contributed by atoms with Gasteiger partial charge in [0.1, 0.15) is 12.1 Å². The van der Waals surface area contributed by atoms with Crippen LogP contribution < -0.4 is 10.4 Å². The highest BCUT2D eigenvalue weighted by molar-refractivity contribution is 5.94. The molecule has 0 amide bonds. The van der Waals surface area contributed by atoms with Crippen molar-refractivity contribution in [2.24, 2.45) is 0 Å². The molecule has 0 spiro atoms. The van der Waals surface area contributed by atoms with Gasteiger partial charge < -0.3 is 0 Å². The lowest BCUT2D eigenvalue weighted by molar-refractivity contribution is -0.161. The van der Waals surface area contributed by atoms with Crippen molar-refractivity contribution in [3.05, 3.63) is 80.2 Å². The maximum atomic E-state index is 14.1. The minimum Gasteiger partial charge on any atom is -0.192 e. The molecule has 0 bridgehead atoms. The summed E-state index contributed by atoms with van der Waals surface area (Å²) in [6.45, 7) is 0. The van der Waals surface area contributed by atoms with Crippen molar-refractivity contribution in [3.63, 3.8) is 0 Å². The van der Waals surface area contributed by atoms with Gasteiger partial charge in [-0.15, -0.1) is 0 Å². The van der Waals surface area contributed by atoms with Gasteiger partial charge in [0, 0.05) is 11.1 Å². The Morgan fingerprint density at radius 2 is 1.22 bits per heavy atom. The van der Waals surface area contributed by atoms with E-state index in [-0.39, 0.29) is 11.1 Å². The Morgan fingerprint density at radius 3 is 1.84 bits per heavy atom. The van der Waals surface area contributed by atoms with Gasteiger partial charge in [-0.2, -0.15) is 36.9 Å². The molecule has 0 atom stereocenters. The molecule has 2 nitrogen and oxygen atoms in total. The number of halogens is 6. The zero-order valence-corrected chi connectivity index (χ0v) is 15.8. The van der Waals surface area contributed by atoms with Gasteiger partial charge in [-0.1, -0.05) is 36.4 Å². The van der Waals surface area contributed by atoms with Crippen LogP contribution in [-0.4, -0.2) is 0 Å². The first-order valence-corrected chi connectivity index (χ1v) is 9.22. The van der Waals surface area contributed by atoms with E-state index >= 15 is 0 Å². The van der Waals surface area contributed by atoms with E-state index in [4.69, 9.17) is 0 Å². The largest absolute Gasteiger partial charge is 0.418 e. The van der Waals surface area contributed by atoms with E-state index in [9.17, 15) is 36.9 Å². The average Bonchev–Trinajstić information content (AvgIpc) is 3.28. The summed E-state index contributed by atoms with van der Waals surface area (Å²) in [5.41, 5.74) is -4.81. The Morgan fingerprint density at radius 1 is 0.625 bits per heavy atom. The van der Waals surface area contributed by atoms with Crippen molar-refractivity contribution in [2.75, 3.05) is 0 Å². The minimum atomic E-state index is -5.49. The van der Waals surface area contributed by atoms with Crippen molar-refractivity contribution in [1.29, 1.82) is 10.5 Å². The Labute approximate surface area is 176 Å². The number of rotatable bonds is 0. The fourth-order valence-corrected chi connectivity index (χ4v) is 4.56. The van der Waals surface area contributed by atoms with Crippen molar-refractivity contribution in [1.82, 2.24) is 0 Å². The summed E-state index contributed by atoms with van der Waals surface area (Å²) in [4.78, 5) is 0. The molecule has 2 aliphatic carbocycles. The topological polar surface area (TPSA) is 47.6 Å². The number of fused-ring (bicyclic) bond motifs is 7. The van der Waals surface area contributed by atoms with E-state index in [1.54, 1.807) is 24.3 Å². The smallest absolute Gasteiger partial charge is 0.192 e. The molecule has 8 heteroatoms. The normalized spacial score (nSPS) is 13.1. The molecular formula is C24H8F6N2. The molecule has 0 radical (unpaired) electrons. The summed E-state index contributed by atoms with van der Waals surface area (Å²) < 4.78 is 83.6. The van der Waals surface area contributed by atoms with Gasteiger partial charge in [-0.3, -0.25) is 0 Å². The summed E-state index contributed by atoms with van der Waals surface area (Å²) in [5.74, 6) is 0. The highest BCUT2D eigenvalue weighted by Crippen LogP contribution is 2.50. The summed E-state index contributed by atoms with van der Waals surface area (Å²) >= 11 is 0. The highest BCUT2D eigenvalue weighted by Gasteiger charge is 2.49. The van der Waals surface area contributed by atoms with Crippen molar-refractivity contribution in [3.8, 4) is 34.4 Å². The van der Waals surface area contributed by atoms with Crippen molar-refractivity contribution >= 4 is 12.2 Å². The van der Waals surface area contributed by atoms with Crippen LogP contribution in [0.2, 0.25) is 0 Å². The zero-order chi connectivity index (χ0) is 23.0. The SMILES string of the molecule is N#Cc1c(C#N)c(C(F)(F)F)c(C(F)(F)F)c2c1C=c1c-2ccc2c1=Cc1ccccc1-2. The molecule has 0 unspecified atom stereocenters. The first kappa shape index (κ1) is 19.9. The van der Waals surface area contributed by atoms with Crippen molar-refractivity contribution in [2.45, 2.75) is 12.4 Å². The Balaban J connectivity index is 1.99. The molecule has 0 heterocycles. The monoisotopic (exact) mass is 438 g/mol. The lowest BCUT2D eigenvalue weighted by Gasteiger charge is -2.22. The first-order chi connectivity index (χ1) is 15.1. The Hall–Kier alpha value is -4.04. The lowest BCUT2D eigenvalue weighted by Crippen LogP contribution is -2.26. The van der Waals surface area contributed by atoms with E-state index in [1.165, 1.54) is 24.3 Å². The zero-order valence-electron chi connectivity index (χ0n) is 15.8. The molecule has 0 N–H and O–H groups in total. The first-order valence-electron chi connectivity index (χ1n) is 9.22. The number of alkyl halides is 6. The van der Waals surface area contributed by atoms with Crippen LogP contribution in [-0.2, 0) is 12.4 Å². The van der Waals surface area contributed by atoms with Gasteiger partial charge in [-0.25, -0.2) is 0 Å². The van der Waals surface area contributed by atoms with Crippen LogP contribution in [0.15, 0.2) is 36.4 Å². The molecule has 0 aliphatic heterocycles. The third-order valence-corrected chi connectivity index (χ3v) is 5.73. The van der Waals surface area contributed by atoms with Crippen molar-refractivity contribution < 1.29 is 26.3 Å². The number of hydrogen-bond acceptors (Lipinski definition) is 2. The lowest BCUT2D eigenvalue weighted by atomic mass is 9.86. The summed E-state index contributed by atoms with van der Waals surface area (Å²) in [6.07, 6.45) is -7.87. The molecule has 0 aromatic heterocycles. The van der Waals surface area contributed by atoms with Crippen LogP contribution in [0, 0.1) is 22.7 Å². The molecule has 0 saturated carbocycles. The maximum Gasteiger partial charge on any atom is 0.418 e. The summed E-state index contributed by atoms with van der Waals surface area (Å²) in [5, 5.41) is 19.7. The molecule has 3 aromatic carbocycles. The molecule has 32 heavy (non-hydrogen) atoms. The van der Waals surface area contributed by atoms with Crippen LogP contribution in [0.4, 0.5) is 26.3 Å². The molecule has 156 valence electrons. The van der Waals surface area contributed by atoms with Gasteiger partial charge in [0.05, 0.1) is 22.3 Å². The molecule has 0 fully saturated rings. The van der Waals surface area contributed by atoms with E-state index in [2.05, 4.69) is 0 Å². The average molecular weight is 438 g/mol. The molecule has 3 aromatic rings. The fourth-order valence-electron chi connectivity index (χ4n) is 4.56. The standard InChI is InChI=1S/C24H8F6N2/c25-23(26,27)21-19(10-32)18(9-31)17-8-16-14(20(17)22(21)24(28,29)30)6-5-13-12-4-2-1-3-11(12)7-15(13)16/h1-8H. The number of nitrogens with zero attached hydrogens (tertiary/aromatic N) is 2. The molecule has 5 rings (SSSR count). The van der Waals surface area contributed by atoms with E-state index in [0.29, 0.717) is 10.4 Å². The Bertz CT molecular complexity index is 1560. The maximum absolute atomic E-state index is 14.1. The van der Waals surface area contributed by atoms with Gasteiger partial charge in [0.2, 0.25) is 0 Å². The second-order valence-electron chi connectivity index (χ2n) is 7.37. The predicted octanol–water partition coefficient (Wildman–Crippen LogP) is 5.09. The van der Waals surface area contributed by atoms with Gasteiger partial charge >= 0.3 is 12.4 Å². The van der Waals surface area contributed by atoms with E-state index in [1.807, 2.05) is 12.1 Å². The van der Waals surface area contributed by atoms with Gasteiger partial charge in [-0.05, 0) is 44.8 Å². The predicted molar refractivity (Wildman–Crippen MR) is 103 cm³/mol. The van der Waals surface area contributed by atoms with Gasteiger partial charge in [0.25, 0.3) is 0 Å². The number of hydrogen-bond donors (Lipinski definition) is 0. The molecule has 0 saturated heterocycles. The fraction of sp³-hybridized carbons (Fsp3) is 0.0833. The second kappa shape index (κ2) is 6.24. The summed E-state index contributed by atoms with van der Waals surface area (Å²) in [7, 11) is 0. The highest BCUT2D eigenvalue weighted by atomic mass is 19.4. The van der Waals surface area contributed by atoms with Crippen LogP contribution >= 0.6 is 0 Å². The number of nitriles is 2.